The fourth-order valence-electron chi connectivity index (χ4n) is 2.59. The summed E-state index contributed by atoms with van der Waals surface area (Å²) in [5.41, 5.74) is 9.60. The lowest BCUT2D eigenvalue weighted by atomic mass is 10.00. The van der Waals surface area contributed by atoms with Crippen molar-refractivity contribution in [1.82, 2.24) is 5.32 Å². The van der Waals surface area contributed by atoms with Gasteiger partial charge in [-0.2, -0.15) is 0 Å². The minimum Gasteiger partial charge on any atom is -0.366 e. The summed E-state index contributed by atoms with van der Waals surface area (Å²) in [6.07, 6.45) is 1.12. The normalized spacial score (nSPS) is 12.3. The molecule has 2 aromatic carbocycles. The van der Waals surface area contributed by atoms with Crippen molar-refractivity contribution in [3.63, 3.8) is 0 Å². The van der Waals surface area contributed by atoms with Crippen molar-refractivity contribution >= 4 is 5.91 Å². The number of hydrogen-bond donors (Lipinski definition) is 2. The lowest BCUT2D eigenvalue weighted by Gasteiger charge is -2.15. The average molecular weight is 310 g/mol. The number of primary amides is 1. The summed E-state index contributed by atoms with van der Waals surface area (Å²) in [5.74, 6) is 0.291. The molecule has 2 aromatic rings. The highest BCUT2D eigenvalue weighted by Gasteiger charge is 2.06. The number of carbonyl (C=O) groups is 1. The lowest BCUT2D eigenvalue weighted by molar-refractivity contribution is 0.100. The van der Waals surface area contributed by atoms with Crippen molar-refractivity contribution < 1.29 is 4.79 Å². The van der Waals surface area contributed by atoms with Gasteiger partial charge in [0.2, 0.25) is 5.91 Å². The topological polar surface area (TPSA) is 55.1 Å². The maximum Gasteiger partial charge on any atom is 0.248 e. The fraction of sp³-hybridized carbons (Fsp3) is 0.350. The van der Waals surface area contributed by atoms with E-state index in [1.807, 2.05) is 12.1 Å². The quantitative estimate of drug-likeness (QED) is 0.816. The van der Waals surface area contributed by atoms with Crippen LogP contribution >= 0.6 is 0 Å². The molecule has 0 aliphatic heterocycles. The number of carbonyl (C=O) groups excluding carboxylic acids is 1. The van der Waals surface area contributed by atoms with Gasteiger partial charge in [-0.3, -0.25) is 4.79 Å². The second-order valence-corrected chi connectivity index (χ2v) is 6.50. The number of nitrogens with two attached hydrogens (primary N) is 1. The number of nitrogens with one attached hydrogen (secondary N) is 1. The Kier molecular flexibility index (Phi) is 5.94. The van der Waals surface area contributed by atoms with E-state index in [4.69, 9.17) is 5.73 Å². The maximum atomic E-state index is 11.1. The molecule has 3 heteroatoms. The van der Waals surface area contributed by atoms with Gasteiger partial charge in [0, 0.05) is 18.2 Å². The molecule has 0 radical (unpaired) electrons. The summed E-state index contributed by atoms with van der Waals surface area (Å²) in [7, 11) is 0. The SMILES string of the molecule is CC(C)Cc1ccc([C@H](C)NCc2ccc(C(N)=O)cc2)cc1. The molecule has 0 spiro atoms. The fourth-order valence-corrected chi connectivity index (χ4v) is 2.59. The molecule has 23 heavy (non-hydrogen) atoms. The Morgan fingerprint density at radius 2 is 1.52 bits per heavy atom. The van der Waals surface area contributed by atoms with E-state index in [-0.39, 0.29) is 11.9 Å². The minimum atomic E-state index is -0.389. The molecule has 2 rings (SSSR count). The molecule has 0 fully saturated rings. The molecular formula is C20H26N2O. The monoisotopic (exact) mass is 310 g/mol. The van der Waals surface area contributed by atoms with Crippen molar-refractivity contribution in [3.05, 3.63) is 70.8 Å². The van der Waals surface area contributed by atoms with Gasteiger partial charge in [-0.05, 0) is 48.1 Å². The molecular weight excluding hydrogens is 284 g/mol. The van der Waals surface area contributed by atoms with E-state index < -0.39 is 0 Å². The first-order valence-corrected chi connectivity index (χ1v) is 8.16. The molecule has 1 amide bonds. The molecule has 0 heterocycles. The van der Waals surface area contributed by atoms with E-state index in [0.29, 0.717) is 11.5 Å². The van der Waals surface area contributed by atoms with E-state index in [0.717, 1.165) is 18.5 Å². The van der Waals surface area contributed by atoms with Crippen LogP contribution in [0, 0.1) is 5.92 Å². The van der Waals surface area contributed by atoms with Gasteiger partial charge >= 0.3 is 0 Å². The highest BCUT2D eigenvalue weighted by atomic mass is 16.1. The summed E-state index contributed by atoms with van der Waals surface area (Å²) in [6, 6.07) is 16.5. The first-order valence-electron chi connectivity index (χ1n) is 8.16. The van der Waals surface area contributed by atoms with Gasteiger partial charge in [-0.25, -0.2) is 0 Å². The number of hydrogen-bond acceptors (Lipinski definition) is 2. The van der Waals surface area contributed by atoms with Crippen molar-refractivity contribution in [3.8, 4) is 0 Å². The zero-order chi connectivity index (χ0) is 16.8. The standard InChI is InChI=1S/C20H26N2O/c1-14(2)12-16-4-8-18(9-5-16)15(3)22-13-17-6-10-19(11-7-17)20(21)23/h4-11,14-15,22H,12-13H2,1-3H3,(H2,21,23)/t15-/m0/s1. The van der Waals surface area contributed by atoms with Gasteiger partial charge < -0.3 is 11.1 Å². The lowest BCUT2D eigenvalue weighted by Crippen LogP contribution is -2.18. The molecule has 3 N–H and O–H groups in total. The van der Waals surface area contributed by atoms with Gasteiger partial charge in [0.05, 0.1) is 0 Å². The molecule has 1 atom stereocenters. The van der Waals surface area contributed by atoms with Crippen LogP contribution in [-0.4, -0.2) is 5.91 Å². The summed E-state index contributed by atoms with van der Waals surface area (Å²) in [5, 5.41) is 3.51. The van der Waals surface area contributed by atoms with Crippen LogP contribution in [0.3, 0.4) is 0 Å². The van der Waals surface area contributed by atoms with Gasteiger partial charge in [-0.1, -0.05) is 50.2 Å². The summed E-state index contributed by atoms with van der Waals surface area (Å²) < 4.78 is 0. The maximum absolute atomic E-state index is 11.1. The van der Waals surface area contributed by atoms with Crippen LogP contribution in [0.1, 0.15) is 53.9 Å². The van der Waals surface area contributed by atoms with Crippen LogP contribution in [0.5, 0.6) is 0 Å². The largest absolute Gasteiger partial charge is 0.366 e. The van der Waals surface area contributed by atoms with Crippen LogP contribution in [0.25, 0.3) is 0 Å². The van der Waals surface area contributed by atoms with E-state index in [2.05, 4.69) is 50.4 Å². The third-order valence-electron chi connectivity index (χ3n) is 3.97. The Hall–Kier alpha value is -2.13. The van der Waals surface area contributed by atoms with Gasteiger partial charge in [0.25, 0.3) is 0 Å². The van der Waals surface area contributed by atoms with Crippen molar-refractivity contribution in [2.45, 2.75) is 39.8 Å². The second kappa shape index (κ2) is 7.93. The molecule has 0 aromatic heterocycles. The van der Waals surface area contributed by atoms with Gasteiger partial charge in [0.1, 0.15) is 0 Å². The van der Waals surface area contributed by atoms with Crippen LogP contribution in [0.2, 0.25) is 0 Å². The van der Waals surface area contributed by atoms with Gasteiger partial charge in [0.15, 0.2) is 0 Å². The molecule has 0 aliphatic rings. The molecule has 0 aliphatic carbocycles. The third-order valence-corrected chi connectivity index (χ3v) is 3.97. The minimum absolute atomic E-state index is 0.277. The van der Waals surface area contributed by atoms with Crippen LogP contribution < -0.4 is 11.1 Å². The number of benzene rings is 2. The van der Waals surface area contributed by atoms with Crippen molar-refractivity contribution in [2.75, 3.05) is 0 Å². The van der Waals surface area contributed by atoms with E-state index in [9.17, 15) is 4.79 Å². The first-order chi connectivity index (χ1) is 11.0. The third kappa shape index (κ3) is 5.22. The molecule has 0 saturated carbocycles. The predicted molar refractivity (Wildman–Crippen MR) is 95.2 cm³/mol. The Balaban J connectivity index is 1.91. The van der Waals surface area contributed by atoms with Gasteiger partial charge in [-0.15, -0.1) is 0 Å². The van der Waals surface area contributed by atoms with E-state index in [1.54, 1.807) is 12.1 Å². The Morgan fingerprint density at radius 1 is 0.957 bits per heavy atom. The Labute approximate surface area is 138 Å². The molecule has 3 nitrogen and oxygen atoms in total. The highest BCUT2D eigenvalue weighted by Crippen LogP contribution is 2.16. The van der Waals surface area contributed by atoms with Crippen LogP contribution in [-0.2, 0) is 13.0 Å². The first kappa shape index (κ1) is 17.2. The highest BCUT2D eigenvalue weighted by molar-refractivity contribution is 5.92. The van der Waals surface area contributed by atoms with Crippen LogP contribution in [0.4, 0.5) is 0 Å². The predicted octanol–water partition coefficient (Wildman–Crippen LogP) is 3.83. The molecule has 122 valence electrons. The van der Waals surface area contributed by atoms with Crippen molar-refractivity contribution in [2.24, 2.45) is 11.7 Å². The zero-order valence-electron chi connectivity index (χ0n) is 14.2. The molecule has 0 saturated heterocycles. The Morgan fingerprint density at radius 3 is 2.04 bits per heavy atom. The summed E-state index contributed by atoms with van der Waals surface area (Å²) in [6.45, 7) is 7.40. The van der Waals surface area contributed by atoms with E-state index in [1.165, 1.54) is 11.1 Å². The summed E-state index contributed by atoms with van der Waals surface area (Å²) >= 11 is 0. The number of rotatable bonds is 7. The van der Waals surface area contributed by atoms with Crippen molar-refractivity contribution in [1.29, 1.82) is 0 Å². The van der Waals surface area contributed by atoms with E-state index >= 15 is 0 Å². The second-order valence-electron chi connectivity index (χ2n) is 6.50. The average Bonchev–Trinajstić information content (AvgIpc) is 2.53. The number of amides is 1. The van der Waals surface area contributed by atoms with Crippen LogP contribution in [0.15, 0.2) is 48.5 Å². The molecule has 0 unspecified atom stereocenters. The summed E-state index contributed by atoms with van der Waals surface area (Å²) in [4.78, 5) is 11.1. The zero-order valence-corrected chi connectivity index (χ0v) is 14.2. The Bertz CT molecular complexity index is 630. The molecule has 0 bridgehead atoms. The smallest absolute Gasteiger partial charge is 0.248 e.